The van der Waals surface area contributed by atoms with Crippen LogP contribution in [-0.2, 0) is 4.74 Å². The SMILES string of the molecule is Cc1cc2cccc(C)c2nc1SCCN1CCOCC1. The van der Waals surface area contributed by atoms with Gasteiger partial charge in [-0.05, 0) is 31.0 Å². The van der Waals surface area contributed by atoms with Crippen LogP contribution in [0.3, 0.4) is 0 Å². The van der Waals surface area contributed by atoms with Gasteiger partial charge in [0.15, 0.2) is 0 Å². The van der Waals surface area contributed by atoms with E-state index in [-0.39, 0.29) is 0 Å². The molecule has 0 aliphatic carbocycles. The average molecular weight is 302 g/mol. The number of aromatic nitrogens is 1. The molecule has 1 aliphatic heterocycles. The van der Waals surface area contributed by atoms with E-state index in [0.717, 1.165) is 44.1 Å². The van der Waals surface area contributed by atoms with E-state index in [9.17, 15) is 0 Å². The Kier molecular flexibility index (Phi) is 4.78. The fourth-order valence-electron chi connectivity index (χ4n) is 2.68. The Bertz CT molecular complexity index is 623. The predicted molar refractivity (Wildman–Crippen MR) is 89.2 cm³/mol. The molecule has 1 fully saturated rings. The van der Waals surface area contributed by atoms with Crippen LogP contribution >= 0.6 is 11.8 Å². The normalized spacial score (nSPS) is 16.5. The van der Waals surface area contributed by atoms with Crippen LogP contribution in [0.15, 0.2) is 29.3 Å². The van der Waals surface area contributed by atoms with E-state index in [1.165, 1.54) is 21.5 Å². The smallest absolute Gasteiger partial charge is 0.0997 e. The minimum absolute atomic E-state index is 0.872. The second kappa shape index (κ2) is 6.77. The van der Waals surface area contributed by atoms with E-state index >= 15 is 0 Å². The van der Waals surface area contributed by atoms with Crippen LogP contribution in [0.2, 0.25) is 0 Å². The molecule has 0 atom stereocenters. The lowest BCUT2D eigenvalue weighted by Crippen LogP contribution is -2.37. The van der Waals surface area contributed by atoms with Crippen LogP contribution in [0.1, 0.15) is 11.1 Å². The number of hydrogen-bond donors (Lipinski definition) is 0. The highest BCUT2D eigenvalue weighted by Crippen LogP contribution is 2.26. The predicted octanol–water partition coefficient (Wildman–Crippen LogP) is 3.28. The van der Waals surface area contributed by atoms with Gasteiger partial charge in [0.25, 0.3) is 0 Å². The van der Waals surface area contributed by atoms with Crippen molar-refractivity contribution in [1.82, 2.24) is 9.88 Å². The number of fused-ring (bicyclic) bond motifs is 1. The maximum absolute atomic E-state index is 5.38. The highest BCUT2D eigenvalue weighted by molar-refractivity contribution is 7.99. The van der Waals surface area contributed by atoms with Gasteiger partial charge in [-0.15, -0.1) is 11.8 Å². The van der Waals surface area contributed by atoms with Crippen LogP contribution in [0, 0.1) is 13.8 Å². The number of pyridine rings is 1. The number of hydrogen-bond acceptors (Lipinski definition) is 4. The molecule has 0 unspecified atom stereocenters. The molecule has 0 saturated carbocycles. The lowest BCUT2D eigenvalue weighted by molar-refractivity contribution is 0.0410. The van der Waals surface area contributed by atoms with Crippen molar-refractivity contribution in [3.05, 3.63) is 35.4 Å². The molecule has 1 aliphatic rings. The molecule has 0 N–H and O–H groups in total. The molecule has 21 heavy (non-hydrogen) atoms. The molecule has 1 saturated heterocycles. The molecule has 1 aromatic heterocycles. The van der Waals surface area contributed by atoms with Gasteiger partial charge in [-0.25, -0.2) is 4.98 Å². The fourth-order valence-corrected chi connectivity index (χ4v) is 3.66. The highest BCUT2D eigenvalue weighted by Gasteiger charge is 2.11. The topological polar surface area (TPSA) is 25.4 Å². The summed E-state index contributed by atoms with van der Waals surface area (Å²) in [6, 6.07) is 8.63. The Morgan fingerprint density at radius 1 is 1.19 bits per heavy atom. The van der Waals surface area contributed by atoms with Gasteiger partial charge in [-0.2, -0.15) is 0 Å². The average Bonchev–Trinajstić information content (AvgIpc) is 2.50. The van der Waals surface area contributed by atoms with Gasteiger partial charge in [-0.3, -0.25) is 4.90 Å². The van der Waals surface area contributed by atoms with Crippen LogP contribution in [0.25, 0.3) is 10.9 Å². The van der Waals surface area contributed by atoms with E-state index in [2.05, 4.69) is 43.0 Å². The molecule has 3 nitrogen and oxygen atoms in total. The van der Waals surface area contributed by atoms with E-state index in [1.54, 1.807) is 0 Å². The molecule has 0 bridgehead atoms. The number of thioether (sulfide) groups is 1. The number of benzene rings is 1. The largest absolute Gasteiger partial charge is 0.379 e. The standard InChI is InChI=1S/C17H22N2OS/c1-13-4-3-5-15-12-14(2)17(18-16(13)15)21-11-8-19-6-9-20-10-7-19/h3-5,12H,6-11H2,1-2H3. The summed E-state index contributed by atoms with van der Waals surface area (Å²) in [6.07, 6.45) is 0. The second-order valence-electron chi connectivity index (χ2n) is 5.56. The van der Waals surface area contributed by atoms with E-state index in [1.807, 2.05) is 11.8 Å². The van der Waals surface area contributed by atoms with Crippen LogP contribution in [0.4, 0.5) is 0 Å². The molecular formula is C17H22N2OS. The third-order valence-corrected chi connectivity index (χ3v) is 5.02. The zero-order valence-electron chi connectivity index (χ0n) is 12.8. The fraction of sp³-hybridized carbons (Fsp3) is 0.471. The quantitative estimate of drug-likeness (QED) is 0.809. The highest BCUT2D eigenvalue weighted by atomic mass is 32.2. The van der Waals surface area contributed by atoms with Crippen molar-refractivity contribution in [3.8, 4) is 0 Å². The molecule has 0 radical (unpaired) electrons. The maximum Gasteiger partial charge on any atom is 0.0997 e. The van der Waals surface area contributed by atoms with Crippen LogP contribution in [0.5, 0.6) is 0 Å². The molecule has 4 heteroatoms. The third kappa shape index (κ3) is 3.57. The van der Waals surface area contributed by atoms with Gasteiger partial charge >= 0.3 is 0 Å². The van der Waals surface area contributed by atoms with Gasteiger partial charge in [0.2, 0.25) is 0 Å². The number of ether oxygens (including phenoxy) is 1. The summed E-state index contributed by atoms with van der Waals surface area (Å²) < 4.78 is 5.38. The lowest BCUT2D eigenvalue weighted by atomic mass is 10.1. The summed E-state index contributed by atoms with van der Waals surface area (Å²) in [6.45, 7) is 9.27. The van der Waals surface area contributed by atoms with Gasteiger partial charge in [0.05, 0.1) is 23.8 Å². The van der Waals surface area contributed by atoms with Crippen LogP contribution < -0.4 is 0 Å². The molecule has 0 spiro atoms. The zero-order chi connectivity index (χ0) is 14.7. The van der Waals surface area contributed by atoms with Crippen molar-refractivity contribution < 1.29 is 4.74 Å². The zero-order valence-corrected chi connectivity index (χ0v) is 13.6. The summed E-state index contributed by atoms with van der Waals surface area (Å²) in [5.41, 5.74) is 3.67. The molecular weight excluding hydrogens is 280 g/mol. The lowest BCUT2D eigenvalue weighted by Gasteiger charge is -2.26. The second-order valence-corrected chi connectivity index (χ2v) is 6.64. The first-order valence-electron chi connectivity index (χ1n) is 7.54. The molecule has 2 heterocycles. The van der Waals surface area contributed by atoms with Gasteiger partial charge in [0, 0.05) is 30.8 Å². The molecule has 112 valence electrons. The summed E-state index contributed by atoms with van der Waals surface area (Å²) >= 11 is 1.87. The monoisotopic (exact) mass is 302 g/mol. The first-order chi connectivity index (χ1) is 10.2. The van der Waals surface area contributed by atoms with Crippen molar-refractivity contribution in [2.24, 2.45) is 0 Å². The Hall–Kier alpha value is -1.10. The molecule has 2 aromatic rings. The van der Waals surface area contributed by atoms with E-state index in [0.29, 0.717) is 0 Å². The number of nitrogens with zero attached hydrogens (tertiary/aromatic N) is 2. The van der Waals surface area contributed by atoms with Crippen molar-refractivity contribution in [1.29, 1.82) is 0 Å². The van der Waals surface area contributed by atoms with E-state index in [4.69, 9.17) is 9.72 Å². The minimum Gasteiger partial charge on any atom is -0.379 e. The summed E-state index contributed by atoms with van der Waals surface area (Å²) in [7, 11) is 0. The molecule has 3 rings (SSSR count). The molecule has 1 aromatic carbocycles. The molecule has 0 amide bonds. The minimum atomic E-state index is 0.872. The van der Waals surface area contributed by atoms with Gasteiger partial charge < -0.3 is 4.74 Å². The van der Waals surface area contributed by atoms with Gasteiger partial charge in [-0.1, -0.05) is 18.2 Å². The van der Waals surface area contributed by atoms with Crippen molar-refractivity contribution >= 4 is 22.7 Å². The number of para-hydroxylation sites is 1. The van der Waals surface area contributed by atoms with E-state index < -0.39 is 0 Å². The first kappa shape index (κ1) is 14.8. The number of rotatable bonds is 4. The first-order valence-corrected chi connectivity index (χ1v) is 8.52. The number of morpholine rings is 1. The van der Waals surface area contributed by atoms with Crippen molar-refractivity contribution in [3.63, 3.8) is 0 Å². The summed E-state index contributed by atoms with van der Waals surface area (Å²) in [4.78, 5) is 7.35. The van der Waals surface area contributed by atoms with Crippen LogP contribution in [-0.4, -0.2) is 48.5 Å². The maximum atomic E-state index is 5.38. The van der Waals surface area contributed by atoms with Gasteiger partial charge in [0.1, 0.15) is 0 Å². The van der Waals surface area contributed by atoms with Crippen molar-refractivity contribution in [2.75, 3.05) is 38.6 Å². The third-order valence-electron chi connectivity index (χ3n) is 3.94. The number of aryl methyl sites for hydroxylation is 2. The van der Waals surface area contributed by atoms with Crippen molar-refractivity contribution in [2.45, 2.75) is 18.9 Å². The summed E-state index contributed by atoms with van der Waals surface area (Å²) in [5, 5.41) is 2.41. The summed E-state index contributed by atoms with van der Waals surface area (Å²) in [5.74, 6) is 1.09. The Morgan fingerprint density at radius 3 is 2.81 bits per heavy atom. The Balaban J connectivity index is 1.68. The Labute approximate surface area is 130 Å². The Morgan fingerprint density at radius 2 is 2.00 bits per heavy atom.